The van der Waals surface area contributed by atoms with Gasteiger partial charge in [0.05, 0.1) is 24.7 Å². The summed E-state index contributed by atoms with van der Waals surface area (Å²) in [7, 11) is 0. The molecule has 1 unspecified atom stereocenters. The number of aliphatic hydroxyl groups is 7. The molecule has 0 radical (unpaired) electrons. The van der Waals surface area contributed by atoms with E-state index in [1.54, 1.807) is 0 Å². The minimum atomic E-state index is -1.67. The van der Waals surface area contributed by atoms with Crippen LogP contribution in [0.1, 0.15) is 12.8 Å². The maximum absolute atomic E-state index is 12.5. The van der Waals surface area contributed by atoms with E-state index in [1.807, 2.05) is 0 Å². The van der Waals surface area contributed by atoms with Crippen molar-refractivity contribution in [3.8, 4) is 0 Å². The molecule has 1 amide bonds. The second kappa shape index (κ2) is 16.4. The van der Waals surface area contributed by atoms with Crippen molar-refractivity contribution in [2.24, 2.45) is 28.7 Å². The van der Waals surface area contributed by atoms with E-state index in [2.05, 4.69) is 10.6 Å². The van der Waals surface area contributed by atoms with Gasteiger partial charge in [-0.3, -0.25) is 4.79 Å². The summed E-state index contributed by atoms with van der Waals surface area (Å²) in [6.45, 7) is 0.0433. The van der Waals surface area contributed by atoms with E-state index >= 15 is 0 Å². The molecule has 16 atom stereocenters. The van der Waals surface area contributed by atoms with Crippen molar-refractivity contribution in [1.82, 2.24) is 10.6 Å². The first kappa shape index (κ1) is 36.3. The van der Waals surface area contributed by atoms with Crippen LogP contribution in [0, 0.1) is 0 Å². The van der Waals surface area contributed by atoms with Crippen molar-refractivity contribution >= 4 is 5.91 Å². The van der Waals surface area contributed by atoms with Gasteiger partial charge < -0.3 is 94.0 Å². The van der Waals surface area contributed by atoms with Crippen LogP contribution in [-0.2, 0) is 23.7 Å². The average molecular weight is 628 g/mol. The van der Waals surface area contributed by atoms with Crippen molar-refractivity contribution in [2.45, 2.75) is 111 Å². The van der Waals surface area contributed by atoms with Crippen LogP contribution >= 0.6 is 0 Å². The zero-order valence-corrected chi connectivity index (χ0v) is 23.7. The summed E-state index contributed by atoms with van der Waals surface area (Å²) in [4.78, 5) is 12.5. The number of amides is 1. The molecule has 0 spiro atoms. The quantitative estimate of drug-likeness (QED) is 0.0842. The van der Waals surface area contributed by atoms with Crippen molar-refractivity contribution in [3.05, 3.63) is 0 Å². The highest BCUT2D eigenvalue weighted by Crippen LogP contribution is 2.31. The maximum atomic E-state index is 12.5. The number of ether oxygens (including phenoxy) is 4. The molecular weight excluding hydrogens is 578 g/mol. The fourth-order valence-corrected chi connectivity index (χ4v) is 5.38. The molecule has 3 rings (SSSR count). The van der Waals surface area contributed by atoms with Crippen LogP contribution in [0.3, 0.4) is 0 Å². The van der Waals surface area contributed by atoms with Crippen molar-refractivity contribution in [2.75, 3.05) is 32.8 Å². The lowest BCUT2D eigenvalue weighted by Gasteiger charge is -2.49. The molecule has 2 heterocycles. The first-order valence-electron chi connectivity index (χ1n) is 14.3. The van der Waals surface area contributed by atoms with Gasteiger partial charge in [-0.15, -0.1) is 0 Å². The van der Waals surface area contributed by atoms with Crippen LogP contribution in [0.25, 0.3) is 0 Å². The van der Waals surface area contributed by atoms with Crippen LogP contribution in [0.2, 0.25) is 0 Å². The smallest absolute Gasteiger partial charge is 0.250 e. The standard InChI is InChI=1S/C24H49N7O12/c25-2-1-3-30-6-11-16(35)17(36)14(29)23(40-11)42-20-8(27)4-9(31-22(39)10(33)5-26)21(19(20)38)43-24-18(37)13(28)15(34)12(7-32)41-24/h8-21,23-24,30,32-38H,1-7,25-29H2,(H,31,39)/t8-,9+,10-,11+,12+,13-,14+,15+,16+,17+,18+,19-,20?,21-,23+,24+/m0/s1. The van der Waals surface area contributed by atoms with Crippen LogP contribution in [0.15, 0.2) is 0 Å². The molecule has 3 aliphatic rings. The molecule has 252 valence electrons. The van der Waals surface area contributed by atoms with Gasteiger partial charge in [0.25, 0.3) is 0 Å². The van der Waals surface area contributed by atoms with Crippen molar-refractivity contribution in [3.63, 3.8) is 0 Å². The molecule has 1 aliphatic carbocycles. The number of aliphatic hydroxyl groups excluding tert-OH is 7. The Balaban J connectivity index is 1.81. The van der Waals surface area contributed by atoms with Gasteiger partial charge in [0.1, 0.15) is 61.0 Å². The Hall–Kier alpha value is -1.21. The van der Waals surface area contributed by atoms with E-state index in [-0.39, 0.29) is 13.0 Å². The van der Waals surface area contributed by atoms with Crippen LogP contribution in [-0.4, -0.2) is 172 Å². The Morgan fingerprint density at radius 1 is 0.860 bits per heavy atom. The van der Waals surface area contributed by atoms with E-state index in [0.717, 1.165) is 0 Å². The van der Waals surface area contributed by atoms with Gasteiger partial charge in [0.2, 0.25) is 5.91 Å². The van der Waals surface area contributed by atoms with Gasteiger partial charge in [0, 0.05) is 19.1 Å². The topological polar surface area (TPSA) is 350 Å². The van der Waals surface area contributed by atoms with E-state index in [1.165, 1.54) is 0 Å². The highest BCUT2D eigenvalue weighted by molar-refractivity contribution is 5.81. The molecule has 2 saturated heterocycles. The zero-order chi connectivity index (χ0) is 32.0. The first-order chi connectivity index (χ1) is 20.4. The summed E-state index contributed by atoms with van der Waals surface area (Å²) < 4.78 is 23.2. The number of nitrogens with two attached hydrogens (primary N) is 5. The predicted molar refractivity (Wildman–Crippen MR) is 146 cm³/mol. The summed E-state index contributed by atoms with van der Waals surface area (Å²) in [5.41, 5.74) is 29.2. The lowest BCUT2D eigenvalue weighted by Crippen LogP contribution is -2.70. The largest absolute Gasteiger partial charge is 0.394 e. The second-order valence-electron chi connectivity index (χ2n) is 11.2. The average Bonchev–Trinajstić information content (AvgIpc) is 2.99. The first-order valence-corrected chi connectivity index (χ1v) is 14.3. The Bertz CT molecular complexity index is 867. The molecule has 19 heteroatoms. The van der Waals surface area contributed by atoms with Crippen molar-refractivity contribution < 1.29 is 59.5 Å². The van der Waals surface area contributed by atoms with E-state index in [4.69, 9.17) is 47.6 Å². The zero-order valence-electron chi connectivity index (χ0n) is 23.7. The Morgan fingerprint density at radius 3 is 2.14 bits per heavy atom. The van der Waals surface area contributed by atoms with Gasteiger partial charge in [-0.2, -0.15) is 0 Å². The maximum Gasteiger partial charge on any atom is 0.250 e. The molecule has 0 bridgehead atoms. The number of hydrogen-bond donors (Lipinski definition) is 14. The molecule has 19 nitrogen and oxygen atoms in total. The SMILES string of the molecule is NCCCNC[C@H]1O[C@H](OC2[C@@H](N)C[C@@H](NC(=O)[C@@H](O)CN)[C@H](O[C@H]3O[C@H](CO)[C@@H](O)[C@H](N)[C@H]3O)[C@H]2O)[C@H](N)[C@@H](O)[C@@H]1O. The number of carbonyl (C=O) groups is 1. The minimum absolute atomic E-state index is 0.104. The molecular formula is C24H49N7O12. The molecule has 0 aromatic rings. The summed E-state index contributed by atoms with van der Waals surface area (Å²) >= 11 is 0. The lowest BCUT2D eigenvalue weighted by atomic mass is 9.83. The van der Waals surface area contributed by atoms with Crippen LogP contribution in [0.5, 0.6) is 0 Å². The van der Waals surface area contributed by atoms with Gasteiger partial charge in [0.15, 0.2) is 12.6 Å². The summed E-state index contributed by atoms with van der Waals surface area (Å²) in [5, 5.41) is 78.4. The number of hydrogen-bond acceptors (Lipinski definition) is 18. The fourth-order valence-electron chi connectivity index (χ4n) is 5.38. The van der Waals surface area contributed by atoms with Gasteiger partial charge in [-0.1, -0.05) is 0 Å². The minimum Gasteiger partial charge on any atom is -0.394 e. The summed E-state index contributed by atoms with van der Waals surface area (Å²) in [5.74, 6) is -0.884. The molecule has 1 saturated carbocycles. The third-order valence-corrected chi connectivity index (χ3v) is 8.04. The van der Waals surface area contributed by atoms with Gasteiger partial charge in [-0.25, -0.2) is 0 Å². The highest BCUT2D eigenvalue weighted by Gasteiger charge is 2.52. The van der Waals surface area contributed by atoms with E-state index in [9.17, 15) is 40.5 Å². The second-order valence-corrected chi connectivity index (χ2v) is 11.2. The predicted octanol–water partition coefficient (Wildman–Crippen LogP) is -8.87. The normalized spacial score (nSPS) is 44.6. The van der Waals surface area contributed by atoms with Gasteiger partial charge in [-0.05, 0) is 25.9 Å². The summed E-state index contributed by atoms with van der Waals surface area (Å²) in [6, 6.07) is -4.63. The molecule has 43 heavy (non-hydrogen) atoms. The lowest BCUT2D eigenvalue weighted by molar-refractivity contribution is -0.320. The van der Waals surface area contributed by atoms with E-state index < -0.39 is 117 Å². The Kier molecular flexibility index (Phi) is 13.8. The Morgan fingerprint density at radius 2 is 1.51 bits per heavy atom. The molecule has 0 aromatic carbocycles. The molecule has 19 N–H and O–H groups in total. The Labute approximate surface area is 248 Å². The molecule has 0 aromatic heterocycles. The van der Waals surface area contributed by atoms with Crippen LogP contribution < -0.4 is 39.3 Å². The number of nitrogens with one attached hydrogen (secondary N) is 2. The van der Waals surface area contributed by atoms with E-state index in [0.29, 0.717) is 19.5 Å². The summed E-state index contributed by atoms with van der Waals surface area (Å²) in [6.07, 6.45) is -16.4. The number of carbonyl (C=O) groups excluding carboxylic acids is 1. The monoisotopic (exact) mass is 627 g/mol. The van der Waals surface area contributed by atoms with Crippen LogP contribution in [0.4, 0.5) is 0 Å². The van der Waals surface area contributed by atoms with Gasteiger partial charge >= 0.3 is 0 Å². The highest BCUT2D eigenvalue weighted by atomic mass is 16.7. The number of rotatable bonds is 13. The van der Waals surface area contributed by atoms with Crippen molar-refractivity contribution in [1.29, 1.82) is 0 Å². The fraction of sp³-hybridized carbons (Fsp3) is 0.958. The third kappa shape index (κ3) is 8.54. The molecule has 3 fully saturated rings. The third-order valence-electron chi connectivity index (χ3n) is 8.04. The molecule has 2 aliphatic heterocycles.